The van der Waals surface area contributed by atoms with Crippen LogP contribution in [0.15, 0.2) is 54.6 Å². The largest absolute Gasteiger partial charge is 0.493 e. The maximum absolute atomic E-state index is 11.9. The van der Waals surface area contributed by atoms with E-state index in [0.717, 1.165) is 11.1 Å². The summed E-state index contributed by atoms with van der Waals surface area (Å²) in [6.45, 7) is 0.162. The summed E-state index contributed by atoms with van der Waals surface area (Å²) in [5, 5.41) is 0. The molecule has 5 heteroatoms. The van der Waals surface area contributed by atoms with Gasteiger partial charge in [0.25, 0.3) is 0 Å². The first-order valence-electron chi connectivity index (χ1n) is 7.98. The lowest BCUT2D eigenvalue weighted by Gasteiger charge is -2.10. The van der Waals surface area contributed by atoms with Crippen molar-refractivity contribution in [3.8, 4) is 11.5 Å². The fraction of sp³-hybridized carbons (Fsp3) is 0.250. The van der Waals surface area contributed by atoms with Gasteiger partial charge in [-0.15, -0.1) is 0 Å². The van der Waals surface area contributed by atoms with Gasteiger partial charge in [-0.1, -0.05) is 42.5 Å². The predicted octanol–water partition coefficient (Wildman–Crippen LogP) is 2.83. The molecule has 0 aliphatic heterocycles. The number of hydrogen-bond donors (Lipinski definition) is 1. The first kappa shape index (κ1) is 18.5. The van der Waals surface area contributed by atoms with E-state index >= 15 is 0 Å². The number of nitrogens with two attached hydrogens (primary N) is 1. The minimum absolute atomic E-state index is 0.162. The molecule has 2 aromatic rings. The standard InChI is InChI=1S/C20H23NO4/c1-23-18-11-10-16(14-19(18)24-2)9-6-12-25-20(22)17(21)13-15-7-4-3-5-8-15/h3-11,14,17H,12-13,21H2,1-2H3/t17-/m0/s1. The third-order valence-electron chi connectivity index (χ3n) is 3.64. The molecule has 0 unspecified atom stereocenters. The summed E-state index contributed by atoms with van der Waals surface area (Å²) in [4.78, 5) is 11.9. The SMILES string of the molecule is COc1ccc(C=CCOC(=O)[C@@H](N)Cc2ccccc2)cc1OC. The van der Waals surface area contributed by atoms with E-state index in [2.05, 4.69) is 0 Å². The second kappa shape index (κ2) is 9.49. The molecule has 2 rings (SSSR count). The predicted molar refractivity (Wildman–Crippen MR) is 97.7 cm³/mol. The maximum atomic E-state index is 11.9. The Morgan fingerprint density at radius 2 is 1.80 bits per heavy atom. The van der Waals surface area contributed by atoms with Crippen LogP contribution in [0.5, 0.6) is 11.5 Å². The van der Waals surface area contributed by atoms with E-state index in [1.165, 1.54) is 0 Å². The van der Waals surface area contributed by atoms with Crippen LogP contribution in [-0.2, 0) is 16.0 Å². The van der Waals surface area contributed by atoms with Crippen molar-refractivity contribution < 1.29 is 19.0 Å². The fourth-order valence-electron chi connectivity index (χ4n) is 2.33. The summed E-state index contributed by atoms with van der Waals surface area (Å²) in [5.41, 5.74) is 7.81. The number of esters is 1. The highest BCUT2D eigenvalue weighted by Crippen LogP contribution is 2.27. The molecule has 1 atom stereocenters. The quantitative estimate of drug-likeness (QED) is 0.748. The van der Waals surface area contributed by atoms with Crippen molar-refractivity contribution in [3.63, 3.8) is 0 Å². The van der Waals surface area contributed by atoms with Gasteiger partial charge in [-0.05, 0) is 35.8 Å². The molecule has 5 nitrogen and oxygen atoms in total. The number of ether oxygens (including phenoxy) is 3. The number of carbonyl (C=O) groups excluding carboxylic acids is 1. The van der Waals surface area contributed by atoms with Crippen LogP contribution in [0, 0.1) is 0 Å². The molecule has 0 saturated carbocycles. The second-order valence-corrected chi connectivity index (χ2v) is 5.44. The van der Waals surface area contributed by atoms with Crippen molar-refractivity contribution >= 4 is 12.0 Å². The minimum Gasteiger partial charge on any atom is -0.493 e. The molecule has 0 saturated heterocycles. The molecule has 0 aromatic heterocycles. The molecule has 0 bridgehead atoms. The average Bonchev–Trinajstić information content (AvgIpc) is 2.65. The molecule has 25 heavy (non-hydrogen) atoms. The third kappa shape index (κ3) is 5.65. The average molecular weight is 341 g/mol. The summed E-state index contributed by atoms with van der Waals surface area (Å²) in [5.74, 6) is 0.894. The van der Waals surface area contributed by atoms with Crippen LogP contribution in [-0.4, -0.2) is 32.8 Å². The molecule has 2 N–H and O–H groups in total. The summed E-state index contributed by atoms with van der Waals surface area (Å²) in [7, 11) is 3.17. The molecule has 0 heterocycles. The van der Waals surface area contributed by atoms with Crippen molar-refractivity contribution in [1.29, 1.82) is 0 Å². The monoisotopic (exact) mass is 341 g/mol. The van der Waals surface area contributed by atoms with Gasteiger partial charge in [0.05, 0.1) is 14.2 Å². The fourth-order valence-corrected chi connectivity index (χ4v) is 2.33. The van der Waals surface area contributed by atoms with Crippen molar-refractivity contribution in [2.75, 3.05) is 20.8 Å². The van der Waals surface area contributed by atoms with Gasteiger partial charge in [-0.2, -0.15) is 0 Å². The number of methoxy groups -OCH3 is 2. The zero-order valence-electron chi connectivity index (χ0n) is 14.5. The lowest BCUT2D eigenvalue weighted by Crippen LogP contribution is -2.34. The number of benzene rings is 2. The molecule has 0 radical (unpaired) electrons. The van der Waals surface area contributed by atoms with Gasteiger partial charge in [0.1, 0.15) is 12.6 Å². The zero-order valence-corrected chi connectivity index (χ0v) is 14.5. The van der Waals surface area contributed by atoms with E-state index in [1.807, 2.05) is 54.6 Å². The Morgan fingerprint density at radius 1 is 1.08 bits per heavy atom. The summed E-state index contributed by atoms with van der Waals surface area (Å²) >= 11 is 0. The molecule has 0 aliphatic carbocycles. The normalized spacial score (nSPS) is 12.0. The number of hydrogen-bond acceptors (Lipinski definition) is 5. The van der Waals surface area contributed by atoms with Crippen molar-refractivity contribution in [3.05, 3.63) is 65.7 Å². The molecule has 2 aromatic carbocycles. The van der Waals surface area contributed by atoms with Gasteiger partial charge >= 0.3 is 5.97 Å². The molecule has 0 spiro atoms. The van der Waals surface area contributed by atoms with Crippen LogP contribution in [0.2, 0.25) is 0 Å². The Balaban J connectivity index is 1.83. The number of carbonyl (C=O) groups is 1. The highest BCUT2D eigenvalue weighted by Gasteiger charge is 2.14. The van der Waals surface area contributed by atoms with Crippen molar-refractivity contribution in [2.24, 2.45) is 5.73 Å². The van der Waals surface area contributed by atoms with Gasteiger partial charge in [-0.25, -0.2) is 0 Å². The Morgan fingerprint density at radius 3 is 2.48 bits per heavy atom. The van der Waals surface area contributed by atoms with Crippen LogP contribution in [0.4, 0.5) is 0 Å². The Kier molecular flexibility index (Phi) is 7.04. The van der Waals surface area contributed by atoms with Crippen LogP contribution >= 0.6 is 0 Å². The summed E-state index contributed by atoms with van der Waals surface area (Å²) in [6, 6.07) is 14.5. The lowest BCUT2D eigenvalue weighted by atomic mass is 10.1. The van der Waals surface area contributed by atoms with Gasteiger partial charge < -0.3 is 19.9 Å². The van der Waals surface area contributed by atoms with Crippen LogP contribution in [0.1, 0.15) is 11.1 Å². The highest BCUT2D eigenvalue weighted by atomic mass is 16.5. The zero-order chi connectivity index (χ0) is 18.1. The van der Waals surface area contributed by atoms with E-state index in [-0.39, 0.29) is 6.61 Å². The summed E-state index contributed by atoms with van der Waals surface area (Å²) in [6.07, 6.45) is 4.06. The topological polar surface area (TPSA) is 70.8 Å². The van der Waals surface area contributed by atoms with Crippen LogP contribution in [0.25, 0.3) is 6.08 Å². The van der Waals surface area contributed by atoms with Gasteiger partial charge in [-0.3, -0.25) is 4.79 Å². The highest BCUT2D eigenvalue weighted by molar-refractivity contribution is 5.76. The summed E-state index contributed by atoms with van der Waals surface area (Å²) < 4.78 is 15.6. The first-order valence-corrected chi connectivity index (χ1v) is 7.98. The van der Waals surface area contributed by atoms with E-state index < -0.39 is 12.0 Å². The van der Waals surface area contributed by atoms with E-state index in [0.29, 0.717) is 17.9 Å². The lowest BCUT2D eigenvalue weighted by molar-refractivity contribution is -0.143. The minimum atomic E-state index is -0.670. The van der Waals surface area contributed by atoms with Gasteiger partial charge in [0, 0.05) is 0 Å². The molecule has 132 valence electrons. The van der Waals surface area contributed by atoms with Crippen LogP contribution in [0.3, 0.4) is 0 Å². The first-order chi connectivity index (χ1) is 12.1. The van der Waals surface area contributed by atoms with Gasteiger partial charge in [0.2, 0.25) is 0 Å². The van der Waals surface area contributed by atoms with Crippen molar-refractivity contribution in [2.45, 2.75) is 12.5 Å². The Hall–Kier alpha value is -2.79. The van der Waals surface area contributed by atoms with E-state index in [9.17, 15) is 4.79 Å². The molecule has 0 amide bonds. The number of rotatable bonds is 8. The Labute approximate surface area is 148 Å². The molecular formula is C20H23NO4. The smallest absolute Gasteiger partial charge is 0.323 e. The maximum Gasteiger partial charge on any atom is 0.323 e. The van der Waals surface area contributed by atoms with Crippen molar-refractivity contribution in [1.82, 2.24) is 0 Å². The van der Waals surface area contributed by atoms with Gasteiger partial charge in [0.15, 0.2) is 11.5 Å². The molecule has 0 aliphatic rings. The van der Waals surface area contributed by atoms with E-state index in [4.69, 9.17) is 19.9 Å². The third-order valence-corrected chi connectivity index (χ3v) is 3.64. The van der Waals surface area contributed by atoms with E-state index in [1.54, 1.807) is 20.3 Å². The van der Waals surface area contributed by atoms with Crippen LogP contribution < -0.4 is 15.2 Å². The second-order valence-electron chi connectivity index (χ2n) is 5.44. The Bertz CT molecular complexity index is 713. The molecular weight excluding hydrogens is 318 g/mol. The molecule has 0 fully saturated rings.